The molecule has 0 radical (unpaired) electrons. The van der Waals surface area contributed by atoms with Gasteiger partial charge in [0.15, 0.2) is 0 Å². The fourth-order valence-corrected chi connectivity index (χ4v) is 1.48. The van der Waals surface area contributed by atoms with E-state index >= 15 is 0 Å². The van der Waals surface area contributed by atoms with E-state index in [1.54, 1.807) is 18.2 Å². The summed E-state index contributed by atoms with van der Waals surface area (Å²) >= 11 is 0. The summed E-state index contributed by atoms with van der Waals surface area (Å²) in [5.74, 6) is -0.959. The molecule has 0 unspecified atom stereocenters. The molecule has 0 fully saturated rings. The van der Waals surface area contributed by atoms with Crippen LogP contribution in [-0.2, 0) is 0 Å². The van der Waals surface area contributed by atoms with Crippen molar-refractivity contribution in [2.24, 2.45) is 0 Å². The van der Waals surface area contributed by atoms with Crippen LogP contribution in [0, 0.1) is 6.92 Å². The van der Waals surface area contributed by atoms with Gasteiger partial charge in [-0.1, -0.05) is 6.07 Å². The minimum Gasteiger partial charge on any atom is -0.477 e. The molecule has 4 heteroatoms. The van der Waals surface area contributed by atoms with Crippen molar-refractivity contribution in [1.29, 1.82) is 0 Å². The Morgan fingerprint density at radius 3 is 2.86 bits per heavy atom. The van der Waals surface area contributed by atoms with Crippen molar-refractivity contribution >= 4 is 22.6 Å². The first-order chi connectivity index (χ1) is 6.59. The number of anilines is 1. The molecule has 0 bridgehead atoms. The number of aromatic nitrogens is 1. The van der Waals surface area contributed by atoms with Crippen LogP contribution < -0.4 is 5.73 Å². The molecule has 4 nitrogen and oxygen atoms in total. The second-order valence-electron chi connectivity index (χ2n) is 3.23. The number of aryl methyl sites for hydroxylation is 1. The zero-order valence-electron chi connectivity index (χ0n) is 7.66. The van der Waals surface area contributed by atoms with E-state index in [1.807, 2.05) is 6.92 Å². The standard InChI is InChI=1S/C10H10N2O2/c1-5-7(11)3-2-6-4-8(10(13)14)12-9(5)6/h2-4,12H,11H2,1H3,(H,13,14). The Bertz CT molecular complexity index is 514. The molecule has 1 aromatic heterocycles. The number of hydrogen-bond acceptors (Lipinski definition) is 2. The SMILES string of the molecule is Cc1c(N)ccc2cc(C(=O)O)[nH]c12. The summed E-state index contributed by atoms with van der Waals surface area (Å²) in [5, 5.41) is 9.65. The van der Waals surface area contributed by atoms with Crippen molar-refractivity contribution in [3.8, 4) is 0 Å². The predicted molar refractivity (Wildman–Crippen MR) is 54.4 cm³/mol. The van der Waals surface area contributed by atoms with Crippen LogP contribution in [0.2, 0.25) is 0 Å². The number of nitrogen functional groups attached to an aromatic ring is 1. The molecule has 0 atom stereocenters. The summed E-state index contributed by atoms with van der Waals surface area (Å²) in [5.41, 5.74) is 8.23. The molecule has 0 aliphatic heterocycles. The molecular formula is C10H10N2O2. The molecular weight excluding hydrogens is 180 g/mol. The van der Waals surface area contributed by atoms with Crippen molar-refractivity contribution in [1.82, 2.24) is 4.98 Å². The molecule has 4 N–H and O–H groups in total. The molecule has 0 spiro atoms. The highest BCUT2D eigenvalue weighted by Crippen LogP contribution is 2.23. The maximum absolute atomic E-state index is 10.7. The summed E-state index contributed by atoms with van der Waals surface area (Å²) in [6.07, 6.45) is 0. The van der Waals surface area contributed by atoms with Gasteiger partial charge in [0.05, 0.1) is 5.52 Å². The van der Waals surface area contributed by atoms with Crippen LogP contribution in [0.25, 0.3) is 10.9 Å². The first-order valence-electron chi connectivity index (χ1n) is 4.20. The summed E-state index contributed by atoms with van der Waals surface area (Å²) in [4.78, 5) is 13.5. The van der Waals surface area contributed by atoms with Crippen LogP contribution in [0.5, 0.6) is 0 Å². The fraction of sp³-hybridized carbons (Fsp3) is 0.100. The number of nitrogens with one attached hydrogen (secondary N) is 1. The van der Waals surface area contributed by atoms with Gasteiger partial charge < -0.3 is 15.8 Å². The van der Waals surface area contributed by atoms with Crippen LogP contribution in [0.15, 0.2) is 18.2 Å². The topological polar surface area (TPSA) is 79.1 Å². The Hall–Kier alpha value is -1.97. The molecule has 2 aromatic rings. The zero-order valence-corrected chi connectivity index (χ0v) is 7.66. The lowest BCUT2D eigenvalue weighted by Gasteiger charge is -1.99. The third kappa shape index (κ3) is 1.12. The van der Waals surface area contributed by atoms with Crippen LogP contribution in [0.4, 0.5) is 5.69 Å². The average Bonchev–Trinajstić information content (AvgIpc) is 2.56. The third-order valence-electron chi connectivity index (χ3n) is 2.33. The van der Waals surface area contributed by atoms with Gasteiger partial charge in [0, 0.05) is 11.1 Å². The number of carboxylic acid groups (broad SMARTS) is 1. The van der Waals surface area contributed by atoms with E-state index in [4.69, 9.17) is 10.8 Å². The third-order valence-corrected chi connectivity index (χ3v) is 2.33. The van der Waals surface area contributed by atoms with Crippen LogP contribution in [0.3, 0.4) is 0 Å². The first kappa shape index (κ1) is 8.62. The second-order valence-corrected chi connectivity index (χ2v) is 3.23. The lowest BCUT2D eigenvalue weighted by molar-refractivity contribution is 0.0691. The smallest absolute Gasteiger partial charge is 0.352 e. The van der Waals surface area contributed by atoms with Crippen LogP contribution in [-0.4, -0.2) is 16.1 Å². The minimum atomic E-state index is -0.959. The number of nitrogens with two attached hydrogens (primary N) is 1. The van der Waals surface area contributed by atoms with Crippen LogP contribution in [0.1, 0.15) is 16.1 Å². The Balaban J connectivity index is 2.77. The molecule has 0 saturated carbocycles. The zero-order chi connectivity index (χ0) is 10.3. The largest absolute Gasteiger partial charge is 0.477 e. The number of aromatic amines is 1. The lowest BCUT2D eigenvalue weighted by atomic mass is 10.1. The number of carbonyl (C=O) groups is 1. The molecule has 14 heavy (non-hydrogen) atoms. The second kappa shape index (κ2) is 2.77. The van der Waals surface area contributed by atoms with E-state index < -0.39 is 5.97 Å². The van der Waals surface area contributed by atoms with E-state index in [-0.39, 0.29) is 5.69 Å². The summed E-state index contributed by atoms with van der Waals surface area (Å²) in [6.45, 7) is 1.86. The molecule has 1 heterocycles. The van der Waals surface area contributed by atoms with Gasteiger partial charge >= 0.3 is 5.97 Å². The van der Waals surface area contributed by atoms with Gasteiger partial charge in [-0.3, -0.25) is 0 Å². The van der Waals surface area contributed by atoms with Crippen molar-refractivity contribution in [2.75, 3.05) is 5.73 Å². The van der Waals surface area contributed by atoms with Gasteiger partial charge in [-0.15, -0.1) is 0 Å². The molecule has 1 aromatic carbocycles. The number of fused-ring (bicyclic) bond motifs is 1. The molecule has 0 saturated heterocycles. The minimum absolute atomic E-state index is 0.189. The summed E-state index contributed by atoms with van der Waals surface area (Å²) in [7, 11) is 0. The first-order valence-corrected chi connectivity index (χ1v) is 4.20. The van der Waals surface area contributed by atoms with Crippen molar-refractivity contribution in [3.63, 3.8) is 0 Å². The van der Waals surface area contributed by atoms with Gasteiger partial charge in [0.2, 0.25) is 0 Å². The van der Waals surface area contributed by atoms with Crippen LogP contribution >= 0.6 is 0 Å². The quantitative estimate of drug-likeness (QED) is 0.599. The van der Waals surface area contributed by atoms with Crippen molar-refractivity contribution < 1.29 is 9.90 Å². The normalized spacial score (nSPS) is 10.6. The highest BCUT2D eigenvalue weighted by molar-refractivity contribution is 5.96. The Morgan fingerprint density at radius 2 is 2.21 bits per heavy atom. The predicted octanol–water partition coefficient (Wildman–Crippen LogP) is 1.76. The van der Waals surface area contributed by atoms with E-state index in [0.717, 1.165) is 16.5 Å². The number of aromatic carboxylic acids is 1. The maximum atomic E-state index is 10.7. The average molecular weight is 190 g/mol. The molecule has 2 rings (SSSR count). The van der Waals surface area contributed by atoms with Gasteiger partial charge in [-0.25, -0.2) is 4.79 Å². The highest BCUT2D eigenvalue weighted by Gasteiger charge is 2.09. The highest BCUT2D eigenvalue weighted by atomic mass is 16.4. The van der Waals surface area contributed by atoms with E-state index in [2.05, 4.69) is 4.98 Å². The monoisotopic (exact) mass is 190 g/mol. The van der Waals surface area contributed by atoms with E-state index in [0.29, 0.717) is 5.69 Å². The molecule has 0 amide bonds. The molecule has 0 aliphatic rings. The summed E-state index contributed by atoms with van der Waals surface area (Å²) < 4.78 is 0. The maximum Gasteiger partial charge on any atom is 0.352 e. The Labute approximate surface area is 80.3 Å². The van der Waals surface area contributed by atoms with E-state index in [1.165, 1.54) is 0 Å². The van der Waals surface area contributed by atoms with Gasteiger partial charge in [-0.05, 0) is 24.6 Å². The van der Waals surface area contributed by atoms with Crippen molar-refractivity contribution in [2.45, 2.75) is 6.92 Å². The molecule has 72 valence electrons. The van der Waals surface area contributed by atoms with Crippen molar-refractivity contribution in [3.05, 3.63) is 29.5 Å². The molecule has 0 aliphatic carbocycles. The summed E-state index contributed by atoms with van der Waals surface area (Å²) in [6, 6.07) is 5.18. The lowest BCUT2D eigenvalue weighted by Crippen LogP contribution is -1.95. The fourth-order valence-electron chi connectivity index (χ4n) is 1.48. The number of carboxylic acids is 1. The Kier molecular flexibility index (Phi) is 1.70. The number of H-pyrrole nitrogens is 1. The number of benzene rings is 1. The van der Waals surface area contributed by atoms with Gasteiger partial charge in [0.1, 0.15) is 5.69 Å². The van der Waals surface area contributed by atoms with E-state index in [9.17, 15) is 4.79 Å². The Morgan fingerprint density at radius 1 is 1.50 bits per heavy atom. The van der Waals surface area contributed by atoms with Gasteiger partial charge in [-0.2, -0.15) is 0 Å². The number of hydrogen-bond donors (Lipinski definition) is 3. The van der Waals surface area contributed by atoms with Gasteiger partial charge in [0.25, 0.3) is 0 Å². The number of rotatable bonds is 1.